The summed E-state index contributed by atoms with van der Waals surface area (Å²) in [6.07, 6.45) is 2.68. The van der Waals surface area contributed by atoms with E-state index in [1.165, 1.54) is 0 Å². The molecule has 1 aromatic rings. The van der Waals surface area contributed by atoms with Crippen LogP contribution in [0.1, 0.15) is 51.5 Å². The van der Waals surface area contributed by atoms with E-state index in [-0.39, 0.29) is 17.8 Å². The minimum Gasteiger partial charge on any atom is -0.489 e. The lowest BCUT2D eigenvalue weighted by Crippen LogP contribution is -2.27. The first-order valence-electron chi connectivity index (χ1n) is 7.30. The summed E-state index contributed by atoms with van der Waals surface area (Å²) in [5.41, 5.74) is 0.501. The maximum Gasteiger partial charge on any atom is 0.183 e. The summed E-state index contributed by atoms with van der Waals surface area (Å²) in [7, 11) is 0. The number of rotatable bonds is 8. The van der Waals surface area contributed by atoms with E-state index >= 15 is 0 Å². The fourth-order valence-electron chi connectivity index (χ4n) is 1.76. The van der Waals surface area contributed by atoms with E-state index in [9.17, 15) is 4.79 Å². The van der Waals surface area contributed by atoms with Gasteiger partial charge in [-0.25, -0.2) is 4.98 Å². The van der Waals surface area contributed by atoms with Gasteiger partial charge < -0.3 is 10.1 Å². The lowest BCUT2D eigenvalue weighted by Gasteiger charge is -2.16. The van der Waals surface area contributed by atoms with Crippen molar-refractivity contribution in [3.05, 3.63) is 24.0 Å². The molecule has 0 aromatic carbocycles. The molecule has 1 heterocycles. The van der Waals surface area contributed by atoms with Gasteiger partial charge in [0.1, 0.15) is 11.4 Å². The van der Waals surface area contributed by atoms with Crippen LogP contribution in [0.4, 0.5) is 0 Å². The van der Waals surface area contributed by atoms with Gasteiger partial charge in [-0.1, -0.05) is 27.7 Å². The van der Waals surface area contributed by atoms with Crippen LogP contribution in [0.3, 0.4) is 0 Å². The number of ketones is 1. The summed E-state index contributed by atoms with van der Waals surface area (Å²) in [4.78, 5) is 15.9. The van der Waals surface area contributed by atoms with Crippen molar-refractivity contribution >= 4 is 5.78 Å². The Labute approximate surface area is 121 Å². The first-order valence-corrected chi connectivity index (χ1v) is 7.30. The van der Waals surface area contributed by atoms with Crippen molar-refractivity contribution in [3.63, 3.8) is 0 Å². The van der Waals surface area contributed by atoms with E-state index in [4.69, 9.17) is 4.74 Å². The highest BCUT2D eigenvalue weighted by atomic mass is 16.5. The fraction of sp³-hybridized carbons (Fsp3) is 0.625. The summed E-state index contributed by atoms with van der Waals surface area (Å²) in [6, 6.07) is 4.04. The molecule has 1 atom stereocenters. The molecule has 0 radical (unpaired) electrons. The molecule has 1 N–H and O–H groups in total. The first-order chi connectivity index (χ1) is 9.40. The van der Waals surface area contributed by atoms with E-state index < -0.39 is 0 Å². The Hall–Kier alpha value is -1.42. The average Bonchev–Trinajstić information content (AvgIpc) is 2.38. The second-order valence-corrected chi connectivity index (χ2v) is 5.72. The SMILES string of the molecule is CC(C)NCCC(C)Oc1ccc(C(=O)C(C)C)nc1. The highest BCUT2D eigenvalue weighted by Gasteiger charge is 2.12. The predicted molar refractivity (Wildman–Crippen MR) is 81.3 cm³/mol. The van der Waals surface area contributed by atoms with E-state index in [0.717, 1.165) is 13.0 Å². The molecule has 0 spiro atoms. The van der Waals surface area contributed by atoms with Gasteiger partial charge in [0.05, 0.1) is 12.3 Å². The third-order valence-corrected chi connectivity index (χ3v) is 2.95. The zero-order valence-corrected chi connectivity index (χ0v) is 13.1. The topological polar surface area (TPSA) is 51.2 Å². The Morgan fingerprint density at radius 1 is 1.25 bits per heavy atom. The third kappa shape index (κ3) is 5.70. The van der Waals surface area contributed by atoms with Crippen molar-refractivity contribution in [3.8, 4) is 5.75 Å². The minimum absolute atomic E-state index is 0.0321. The van der Waals surface area contributed by atoms with E-state index in [1.807, 2.05) is 26.8 Å². The van der Waals surface area contributed by atoms with Crippen molar-refractivity contribution in [2.75, 3.05) is 6.54 Å². The number of aromatic nitrogens is 1. The number of hydrogen-bond acceptors (Lipinski definition) is 4. The lowest BCUT2D eigenvalue weighted by atomic mass is 10.1. The van der Waals surface area contributed by atoms with Crippen molar-refractivity contribution in [1.29, 1.82) is 0 Å². The zero-order chi connectivity index (χ0) is 15.1. The Bertz CT molecular complexity index is 413. The molecule has 4 heteroatoms. The second-order valence-electron chi connectivity index (χ2n) is 5.72. The second kappa shape index (κ2) is 8.00. The summed E-state index contributed by atoms with van der Waals surface area (Å²) in [5, 5.41) is 3.36. The Kier molecular flexibility index (Phi) is 6.65. The van der Waals surface area contributed by atoms with Crippen LogP contribution < -0.4 is 10.1 Å². The third-order valence-electron chi connectivity index (χ3n) is 2.95. The van der Waals surface area contributed by atoms with Crippen LogP contribution in [0.15, 0.2) is 18.3 Å². The summed E-state index contributed by atoms with van der Waals surface area (Å²) < 4.78 is 5.78. The molecule has 20 heavy (non-hydrogen) atoms. The average molecular weight is 278 g/mol. The van der Waals surface area contributed by atoms with E-state index in [0.29, 0.717) is 17.5 Å². The largest absolute Gasteiger partial charge is 0.489 e. The Balaban J connectivity index is 2.47. The molecular weight excluding hydrogens is 252 g/mol. The normalized spacial score (nSPS) is 12.8. The van der Waals surface area contributed by atoms with Gasteiger partial charge in [-0.3, -0.25) is 4.79 Å². The Morgan fingerprint density at radius 2 is 1.95 bits per heavy atom. The minimum atomic E-state index is -0.0321. The molecule has 0 fully saturated rings. The fourth-order valence-corrected chi connectivity index (χ4v) is 1.76. The van der Waals surface area contributed by atoms with Gasteiger partial charge in [-0.15, -0.1) is 0 Å². The van der Waals surface area contributed by atoms with Crippen molar-refractivity contribution in [2.45, 2.75) is 53.2 Å². The molecule has 0 aliphatic carbocycles. The molecule has 1 unspecified atom stereocenters. The molecule has 1 aromatic heterocycles. The quantitative estimate of drug-likeness (QED) is 0.742. The maximum absolute atomic E-state index is 11.8. The smallest absolute Gasteiger partial charge is 0.183 e. The zero-order valence-electron chi connectivity index (χ0n) is 13.1. The molecule has 0 aliphatic rings. The number of nitrogens with one attached hydrogen (secondary N) is 1. The number of pyridine rings is 1. The van der Waals surface area contributed by atoms with Crippen LogP contribution in [0.25, 0.3) is 0 Å². The van der Waals surface area contributed by atoms with Crippen LogP contribution in [-0.2, 0) is 0 Å². The number of hydrogen-bond donors (Lipinski definition) is 1. The molecule has 1 rings (SSSR count). The molecule has 4 nitrogen and oxygen atoms in total. The van der Waals surface area contributed by atoms with Gasteiger partial charge in [0.25, 0.3) is 0 Å². The Morgan fingerprint density at radius 3 is 2.45 bits per heavy atom. The van der Waals surface area contributed by atoms with Gasteiger partial charge in [0, 0.05) is 12.0 Å². The monoisotopic (exact) mass is 278 g/mol. The first kappa shape index (κ1) is 16.6. The van der Waals surface area contributed by atoms with Crippen molar-refractivity contribution < 1.29 is 9.53 Å². The van der Waals surface area contributed by atoms with Crippen LogP contribution in [0.2, 0.25) is 0 Å². The summed E-state index contributed by atoms with van der Waals surface area (Å²) in [6.45, 7) is 11.0. The molecule has 112 valence electrons. The van der Waals surface area contributed by atoms with Gasteiger partial charge in [0.2, 0.25) is 0 Å². The van der Waals surface area contributed by atoms with E-state index in [1.54, 1.807) is 12.3 Å². The molecule has 0 bridgehead atoms. The standard InChI is InChI=1S/C16H26N2O2/c1-11(2)16(19)15-7-6-14(10-18-15)20-13(5)8-9-17-12(3)4/h6-7,10-13,17H,8-9H2,1-5H3. The highest BCUT2D eigenvalue weighted by Crippen LogP contribution is 2.14. The van der Waals surface area contributed by atoms with Gasteiger partial charge in [-0.2, -0.15) is 0 Å². The molecule has 0 amide bonds. The predicted octanol–water partition coefficient (Wildman–Crippen LogP) is 3.08. The lowest BCUT2D eigenvalue weighted by molar-refractivity contribution is 0.0934. The van der Waals surface area contributed by atoms with Crippen LogP contribution in [-0.4, -0.2) is 29.5 Å². The number of carbonyl (C=O) groups is 1. The van der Waals surface area contributed by atoms with E-state index in [2.05, 4.69) is 24.1 Å². The molecule has 0 saturated heterocycles. The number of Topliss-reactive ketones (excluding diaryl/α,β-unsaturated/α-hetero) is 1. The van der Waals surface area contributed by atoms with Crippen LogP contribution in [0, 0.1) is 5.92 Å². The van der Waals surface area contributed by atoms with Gasteiger partial charge in [-0.05, 0) is 32.0 Å². The number of nitrogens with zero attached hydrogens (tertiary/aromatic N) is 1. The highest BCUT2D eigenvalue weighted by molar-refractivity contribution is 5.95. The van der Waals surface area contributed by atoms with Gasteiger partial charge >= 0.3 is 0 Å². The van der Waals surface area contributed by atoms with Crippen molar-refractivity contribution in [2.24, 2.45) is 5.92 Å². The molecular formula is C16H26N2O2. The molecule has 0 saturated carbocycles. The number of ether oxygens (including phenoxy) is 1. The number of carbonyl (C=O) groups excluding carboxylic acids is 1. The summed E-state index contributed by atoms with van der Waals surface area (Å²) >= 11 is 0. The van der Waals surface area contributed by atoms with Crippen molar-refractivity contribution in [1.82, 2.24) is 10.3 Å². The van der Waals surface area contributed by atoms with Crippen LogP contribution >= 0.6 is 0 Å². The van der Waals surface area contributed by atoms with Crippen LogP contribution in [0.5, 0.6) is 5.75 Å². The maximum atomic E-state index is 11.8. The molecule has 0 aliphatic heterocycles. The summed E-state index contributed by atoms with van der Waals surface area (Å²) in [5.74, 6) is 0.739. The van der Waals surface area contributed by atoms with Gasteiger partial charge in [0.15, 0.2) is 5.78 Å².